The minimum Gasteiger partial charge on any atom is -0.481 e. The number of carbonyl (C=O) groups is 3. The molecule has 0 unspecified atom stereocenters. The number of anilines is 2. The third-order valence-electron chi connectivity index (χ3n) is 5.02. The summed E-state index contributed by atoms with van der Waals surface area (Å²) in [5.41, 5.74) is 8.26. The van der Waals surface area contributed by atoms with Crippen LogP contribution in [0.5, 0.6) is 5.75 Å². The molecular weight excluding hydrogens is 450 g/mol. The lowest BCUT2D eigenvalue weighted by atomic mass is 10.1. The van der Waals surface area contributed by atoms with Crippen molar-refractivity contribution >= 4 is 46.1 Å². The van der Waals surface area contributed by atoms with E-state index in [1.54, 1.807) is 72.8 Å². The van der Waals surface area contributed by atoms with Gasteiger partial charge < -0.3 is 31.2 Å². The van der Waals surface area contributed by atoms with Gasteiger partial charge in [0.1, 0.15) is 11.4 Å². The molecule has 0 aliphatic heterocycles. The van der Waals surface area contributed by atoms with Gasteiger partial charge in [0.05, 0.1) is 12.0 Å². The quantitative estimate of drug-likeness (QED) is 0.103. The van der Waals surface area contributed by atoms with Gasteiger partial charge in [-0.3, -0.25) is 15.0 Å². The summed E-state index contributed by atoms with van der Waals surface area (Å²) in [6, 6.07) is 19.5. The number of rotatable bonds is 7. The van der Waals surface area contributed by atoms with Crippen molar-refractivity contribution in [3.05, 3.63) is 89.6 Å². The second-order valence-corrected chi connectivity index (χ2v) is 7.66. The number of amides is 1. The van der Waals surface area contributed by atoms with Crippen LogP contribution in [0.25, 0.3) is 10.9 Å². The molecule has 0 bridgehead atoms. The number of carbonyl (C=O) groups excluding carboxylic acids is 2. The Morgan fingerprint density at radius 1 is 0.914 bits per heavy atom. The van der Waals surface area contributed by atoms with Crippen LogP contribution in [0.3, 0.4) is 0 Å². The minimum absolute atomic E-state index is 0.0917. The van der Waals surface area contributed by atoms with E-state index in [0.717, 1.165) is 5.39 Å². The summed E-state index contributed by atoms with van der Waals surface area (Å²) in [6.45, 7) is 0. The first-order valence-corrected chi connectivity index (χ1v) is 10.4. The van der Waals surface area contributed by atoms with Gasteiger partial charge >= 0.3 is 11.9 Å². The zero-order chi connectivity index (χ0) is 24.9. The van der Waals surface area contributed by atoms with E-state index in [2.05, 4.69) is 15.6 Å². The molecule has 0 aliphatic rings. The molecule has 0 saturated heterocycles. The second-order valence-electron chi connectivity index (χ2n) is 7.66. The Kier molecular flexibility index (Phi) is 6.45. The highest BCUT2D eigenvalue weighted by molar-refractivity contribution is 6.06. The van der Waals surface area contributed by atoms with Crippen molar-refractivity contribution in [2.24, 2.45) is 5.73 Å². The number of esters is 1. The minimum atomic E-state index is -0.926. The number of H-pyrrole nitrogens is 1. The molecule has 0 radical (unpaired) electrons. The Morgan fingerprint density at radius 2 is 1.57 bits per heavy atom. The molecule has 1 aromatic heterocycles. The van der Waals surface area contributed by atoms with Gasteiger partial charge in [-0.1, -0.05) is 12.1 Å². The number of aliphatic carboxylic acids is 1. The lowest BCUT2D eigenvalue weighted by Gasteiger charge is -2.06. The lowest BCUT2D eigenvalue weighted by molar-refractivity contribution is -0.136. The average molecular weight is 471 g/mol. The van der Waals surface area contributed by atoms with Crippen LogP contribution in [0.15, 0.2) is 72.8 Å². The molecule has 176 valence electrons. The maximum Gasteiger partial charge on any atom is 0.343 e. The van der Waals surface area contributed by atoms with Gasteiger partial charge in [0, 0.05) is 28.3 Å². The number of aromatic amines is 1. The van der Waals surface area contributed by atoms with Crippen LogP contribution in [0.2, 0.25) is 0 Å². The summed E-state index contributed by atoms with van der Waals surface area (Å²) >= 11 is 0. The van der Waals surface area contributed by atoms with E-state index < -0.39 is 11.9 Å². The van der Waals surface area contributed by atoms with Gasteiger partial charge in [0.2, 0.25) is 0 Å². The van der Waals surface area contributed by atoms with Gasteiger partial charge in [-0.25, -0.2) is 4.79 Å². The SMILES string of the molecule is N=C(N)Nc1ccc(C(=O)Oc2ccc3cc(C(=O)Nc4ccc(CC(=O)O)cc4)[nH]c3c2)cc1. The van der Waals surface area contributed by atoms with Gasteiger partial charge in [0.15, 0.2) is 5.96 Å². The maximum atomic E-state index is 12.6. The Balaban J connectivity index is 1.43. The highest BCUT2D eigenvalue weighted by atomic mass is 16.5. The lowest BCUT2D eigenvalue weighted by Crippen LogP contribution is -2.20. The Bertz CT molecular complexity index is 1430. The average Bonchev–Trinajstić information content (AvgIpc) is 3.24. The van der Waals surface area contributed by atoms with Gasteiger partial charge in [-0.05, 0) is 60.2 Å². The molecule has 35 heavy (non-hydrogen) atoms. The fourth-order valence-electron chi connectivity index (χ4n) is 3.38. The molecule has 4 rings (SSSR count). The summed E-state index contributed by atoms with van der Waals surface area (Å²) in [5.74, 6) is -1.76. The molecule has 7 N–H and O–H groups in total. The summed E-state index contributed by atoms with van der Waals surface area (Å²) < 4.78 is 5.44. The molecule has 1 amide bonds. The molecular formula is C25H21N5O5. The highest BCUT2D eigenvalue weighted by Crippen LogP contribution is 2.23. The third kappa shape index (κ3) is 5.82. The number of nitrogens with one attached hydrogen (secondary N) is 4. The number of carboxylic acid groups (broad SMARTS) is 1. The van der Waals surface area contributed by atoms with Crippen LogP contribution in [-0.4, -0.2) is 33.9 Å². The van der Waals surface area contributed by atoms with Crippen LogP contribution in [0.1, 0.15) is 26.4 Å². The molecule has 0 spiro atoms. The number of guanidine groups is 1. The summed E-state index contributed by atoms with van der Waals surface area (Å²) in [6.07, 6.45) is -0.0917. The van der Waals surface area contributed by atoms with E-state index in [4.69, 9.17) is 21.0 Å². The first kappa shape index (κ1) is 23.1. The van der Waals surface area contributed by atoms with Gasteiger partial charge in [0.25, 0.3) is 5.91 Å². The summed E-state index contributed by atoms with van der Waals surface area (Å²) in [4.78, 5) is 38.9. The Hall–Kier alpha value is -5.12. The van der Waals surface area contributed by atoms with Crippen LogP contribution >= 0.6 is 0 Å². The predicted molar refractivity (Wildman–Crippen MR) is 131 cm³/mol. The zero-order valence-electron chi connectivity index (χ0n) is 18.3. The first-order chi connectivity index (χ1) is 16.8. The molecule has 0 fully saturated rings. The van der Waals surface area contributed by atoms with Crippen molar-refractivity contribution in [1.29, 1.82) is 5.41 Å². The molecule has 0 saturated carbocycles. The van der Waals surface area contributed by atoms with E-state index in [-0.39, 0.29) is 18.3 Å². The third-order valence-corrected chi connectivity index (χ3v) is 5.02. The zero-order valence-corrected chi connectivity index (χ0v) is 18.3. The Labute approximate surface area is 199 Å². The number of benzene rings is 3. The van der Waals surface area contributed by atoms with Crippen molar-refractivity contribution in [3.63, 3.8) is 0 Å². The van der Waals surface area contributed by atoms with E-state index >= 15 is 0 Å². The number of hydrogen-bond acceptors (Lipinski definition) is 5. The highest BCUT2D eigenvalue weighted by Gasteiger charge is 2.13. The molecule has 1 heterocycles. The van der Waals surface area contributed by atoms with Crippen molar-refractivity contribution in [2.75, 3.05) is 10.6 Å². The molecule has 0 aliphatic carbocycles. The number of aromatic nitrogens is 1. The predicted octanol–water partition coefficient (Wildman–Crippen LogP) is 3.57. The maximum absolute atomic E-state index is 12.6. The molecule has 4 aromatic rings. The topological polar surface area (TPSA) is 170 Å². The molecule has 0 atom stereocenters. The number of carboxylic acids is 1. The Morgan fingerprint density at radius 3 is 2.23 bits per heavy atom. The smallest absolute Gasteiger partial charge is 0.343 e. The van der Waals surface area contributed by atoms with Gasteiger partial charge in [-0.15, -0.1) is 0 Å². The van der Waals surface area contributed by atoms with Crippen molar-refractivity contribution < 1.29 is 24.2 Å². The summed E-state index contributed by atoms with van der Waals surface area (Å²) in [5, 5.41) is 22.2. The van der Waals surface area contributed by atoms with Gasteiger partial charge in [-0.2, -0.15) is 0 Å². The second kappa shape index (κ2) is 9.79. The number of nitrogens with two attached hydrogens (primary N) is 1. The van der Waals surface area contributed by atoms with E-state index in [1.807, 2.05) is 0 Å². The molecule has 10 nitrogen and oxygen atoms in total. The fraction of sp³-hybridized carbons (Fsp3) is 0.0400. The van der Waals surface area contributed by atoms with Crippen LogP contribution in [0, 0.1) is 5.41 Å². The fourth-order valence-corrected chi connectivity index (χ4v) is 3.38. The van der Waals surface area contributed by atoms with E-state index in [1.165, 1.54) is 0 Å². The summed E-state index contributed by atoms with van der Waals surface area (Å²) in [7, 11) is 0. The van der Waals surface area contributed by atoms with Crippen LogP contribution in [0.4, 0.5) is 11.4 Å². The number of fused-ring (bicyclic) bond motifs is 1. The van der Waals surface area contributed by atoms with E-state index in [9.17, 15) is 14.4 Å². The van der Waals surface area contributed by atoms with Crippen molar-refractivity contribution in [2.45, 2.75) is 6.42 Å². The standard InChI is InChI=1S/C25H21N5O5/c26-25(27)29-18-8-3-15(4-9-18)24(34)35-19-10-5-16-12-21(30-20(16)13-19)23(33)28-17-6-1-14(2-7-17)11-22(31)32/h1-10,12-13,30H,11H2,(H,28,33)(H,31,32)(H4,26,27,29). The molecule has 3 aromatic carbocycles. The number of ether oxygens (including phenoxy) is 1. The van der Waals surface area contributed by atoms with Crippen LogP contribution < -0.4 is 21.1 Å². The molecule has 10 heteroatoms. The normalized spacial score (nSPS) is 10.5. The number of hydrogen-bond donors (Lipinski definition) is 6. The largest absolute Gasteiger partial charge is 0.481 e. The monoisotopic (exact) mass is 471 g/mol. The van der Waals surface area contributed by atoms with Crippen LogP contribution in [-0.2, 0) is 11.2 Å². The first-order valence-electron chi connectivity index (χ1n) is 10.4. The van der Waals surface area contributed by atoms with Crippen molar-refractivity contribution in [1.82, 2.24) is 4.98 Å². The van der Waals surface area contributed by atoms with Crippen molar-refractivity contribution in [3.8, 4) is 5.75 Å². The van der Waals surface area contributed by atoms with E-state index in [0.29, 0.717) is 39.5 Å².